The molecule has 3 aromatic heterocycles. The highest BCUT2D eigenvalue weighted by atomic mass is 32.2. The van der Waals surface area contributed by atoms with Crippen LogP contribution in [0.25, 0.3) is 11.1 Å². The average molecular weight is 560 g/mol. The molecule has 0 aliphatic heterocycles. The molecule has 0 spiro atoms. The second kappa shape index (κ2) is 11.6. The van der Waals surface area contributed by atoms with Gasteiger partial charge >= 0.3 is 0 Å². The third-order valence-electron chi connectivity index (χ3n) is 7.22. The molecular weight excluding hydrogens is 525 g/mol. The van der Waals surface area contributed by atoms with E-state index in [1.165, 1.54) is 23.0 Å². The number of hydrogen-bond acceptors (Lipinski definition) is 7. The van der Waals surface area contributed by atoms with Crippen LogP contribution in [0.15, 0.2) is 24.4 Å². The molecule has 0 aromatic carbocycles. The summed E-state index contributed by atoms with van der Waals surface area (Å²) in [6, 6.07) is 3.64. The summed E-state index contributed by atoms with van der Waals surface area (Å²) >= 11 is 0. The standard InChI is InChI=1S/C26H34FN7O4S/c1-15-5-7-18(8-6-15)23(31-25(35)20-11-12-28-34(20)13-14-39(4,37)38)26(36)30-21-10-9-19(24(27)29-21)22-16(2)32-33-17(22)3/h9-12,15,18,23H,5-8,13-14H2,1-4H3,(H,31,35)(H,32,33)(H,29,30,36)/t15?,18?,23-/m0/s1. The monoisotopic (exact) mass is 559 g/mol. The van der Waals surface area contributed by atoms with Gasteiger partial charge in [0.05, 0.1) is 18.0 Å². The van der Waals surface area contributed by atoms with Crippen molar-refractivity contribution in [2.75, 3.05) is 17.3 Å². The number of pyridine rings is 1. The van der Waals surface area contributed by atoms with Crippen molar-refractivity contribution in [1.82, 2.24) is 30.3 Å². The summed E-state index contributed by atoms with van der Waals surface area (Å²) in [5, 5.41) is 16.5. The van der Waals surface area contributed by atoms with Crippen LogP contribution in [0.5, 0.6) is 0 Å². The Bertz CT molecular complexity index is 1440. The van der Waals surface area contributed by atoms with Gasteiger partial charge < -0.3 is 10.6 Å². The number of amides is 2. The summed E-state index contributed by atoms with van der Waals surface area (Å²) in [6.45, 7) is 5.72. The Morgan fingerprint density at radius 2 is 1.90 bits per heavy atom. The second-order valence-corrected chi connectivity index (χ2v) is 12.6. The van der Waals surface area contributed by atoms with Crippen LogP contribution in [0.2, 0.25) is 0 Å². The average Bonchev–Trinajstić information content (AvgIpc) is 3.48. The van der Waals surface area contributed by atoms with Gasteiger partial charge in [0.2, 0.25) is 11.9 Å². The maximum Gasteiger partial charge on any atom is 0.270 e. The van der Waals surface area contributed by atoms with Gasteiger partial charge in [-0.1, -0.05) is 19.8 Å². The predicted molar refractivity (Wildman–Crippen MR) is 144 cm³/mol. The van der Waals surface area contributed by atoms with Gasteiger partial charge in [-0.3, -0.25) is 19.4 Å². The highest BCUT2D eigenvalue weighted by molar-refractivity contribution is 7.90. The molecule has 39 heavy (non-hydrogen) atoms. The van der Waals surface area contributed by atoms with Crippen molar-refractivity contribution in [2.45, 2.75) is 59.0 Å². The van der Waals surface area contributed by atoms with Gasteiger partial charge in [0, 0.05) is 29.3 Å². The number of aromatic amines is 1. The molecule has 0 saturated heterocycles. The minimum atomic E-state index is -3.26. The number of aryl methyl sites for hydroxylation is 3. The minimum Gasteiger partial charge on any atom is -0.339 e. The predicted octanol–water partition coefficient (Wildman–Crippen LogP) is 3.03. The van der Waals surface area contributed by atoms with Gasteiger partial charge in [-0.15, -0.1) is 0 Å². The van der Waals surface area contributed by atoms with E-state index in [9.17, 15) is 22.4 Å². The van der Waals surface area contributed by atoms with E-state index in [2.05, 4.69) is 37.8 Å². The lowest BCUT2D eigenvalue weighted by molar-refractivity contribution is -0.119. The molecule has 210 valence electrons. The maximum atomic E-state index is 15.0. The fourth-order valence-corrected chi connectivity index (χ4v) is 5.53. The maximum absolute atomic E-state index is 15.0. The van der Waals surface area contributed by atoms with E-state index in [1.54, 1.807) is 19.9 Å². The fraction of sp³-hybridized carbons (Fsp3) is 0.500. The molecule has 0 bridgehead atoms. The zero-order chi connectivity index (χ0) is 28.3. The molecule has 1 aliphatic carbocycles. The van der Waals surface area contributed by atoms with Crippen LogP contribution in [-0.2, 0) is 21.2 Å². The van der Waals surface area contributed by atoms with E-state index < -0.39 is 33.6 Å². The van der Waals surface area contributed by atoms with Crippen LogP contribution in [0.3, 0.4) is 0 Å². The molecule has 3 aromatic rings. The first-order valence-corrected chi connectivity index (χ1v) is 15.0. The third-order valence-corrected chi connectivity index (χ3v) is 8.15. The highest BCUT2D eigenvalue weighted by Crippen LogP contribution is 2.32. The number of aromatic nitrogens is 5. The SMILES string of the molecule is Cc1n[nH]c(C)c1-c1ccc(NC(=O)[C@@H](NC(=O)c2ccnn2CCS(C)(=O)=O)C2CCC(C)CC2)nc1F. The Morgan fingerprint density at radius 1 is 1.18 bits per heavy atom. The van der Waals surface area contributed by atoms with Gasteiger partial charge in [0.1, 0.15) is 27.4 Å². The fourth-order valence-electron chi connectivity index (χ4n) is 5.03. The van der Waals surface area contributed by atoms with Crippen LogP contribution < -0.4 is 10.6 Å². The zero-order valence-electron chi connectivity index (χ0n) is 22.5. The smallest absolute Gasteiger partial charge is 0.270 e. The number of sulfone groups is 1. The topological polar surface area (TPSA) is 152 Å². The number of hydrogen-bond donors (Lipinski definition) is 3. The Morgan fingerprint density at radius 3 is 2.51 bits per heavy atom. The first-order valence-electron chi connectivity index (χ1n) is 12.9. The van der Waals surface area contributed by atoms with Crippen molar-refractivity contribution in [2.24, 2.45) is 11.8 Å². The van der Waals surface area contributed by atoms with Gasteiger partial charge in [-0.25, -0.2) is 13.4 Å². The Labute approximate surface area is 226 Å². The minimum absolute atomic E-state index is 0.0115. The van der Waals surface area contributed by atoms with Crippen molar-refractivity contribution in [3.63, 3.8) is 0 Å². The van der Waals surface area contributed by atoms with E-state index in [0.717, 1.165) is 31.9 Å². The molecule has 0 radical (unpaired) electrons. The van der Waals surface area contributed by atoms with E-state index in [1.807, 2.05) is 0 Å². The van der Waals surface area contributed by atoms with Crippen molar-refractivity contribution in [1.29, 1.82) is 0 Å². The summed E-state index contributed by atoms with van der Waals surface area (Å²) in [6.07, 6.45) is 5.84. The lowest BCUT2D eigenvalue weighted by Gasteiger charge is -2.32. The number of halogens is 1. The molecule has 4 rings (SSSR count). The van der Waals surface area contributed by atoms with Crippen LogP contribution in [0.1, 0.15) is 54.5 Å². The van der Waals surface area contributed by atoms with Crippen LogP contribution in [0, 0.1) is 31.6 Å². The molecule has 1 fully saturated rings. The van der Waals surface area contributed by atoms with Crippen molar-refractivity contribution >= 4 is 27.5 Å². The summed E-state index contributed by atoms with van der Waals surface area (Å²) in [5.74, 6) is -1.54. The highest BCUT2D eigenvalue weighted by Gasteiger charge is 2.33. The Balaban J connectivity index is 1.54. The molecule has 2 amide bonds. The molecule has 1 saturated carbocycles. The number of rotatable bonds is 9. The summed E-state index contributed by atoms with van der Waals surface area (Å²) in [7, 11) is -3.26. The normalized spacial score (nSPS) is 18.5. The first-order chi connectivity index (χ1) is 18.4. The molecule has 13 heteroatoms. The Kier molecular flexibility index (Phi) is 8.48. The number of anilines is 1. The summed E-state index contributed by atoms with van der Waals surface area (Å²) in [5.41, 5.74) is 2.38. The quantitative estimate of drug-likeness (QED) is 0.341. The van der Waals surface area contributed by atoms with E-state index in [-0.39, 0.29) is 35.3 Å². The number of nitrogens with one attached hydrogen (secondary N) is 3. The molecule has 1 atom stereocenters. The lowest BCUT2D eigenvalue weighted by atomic mass is 9.79. The van der Waals surface area contributed by atoms with E-state index in [4.69, 9.17) is 0 Å². The largest absolute Gasteiger partial charge is 0.339 e. The van der Waals surface area contributed by atoms with Crippen LogP contribution >= 0.6 is 0 Å². The molecular formula is C26H34FN7O4S. The van der Waals surface area contributed by atoms with Gasteiger partial charge in [-0.2, -0.15) is 14.6 Å². The molecule has 3 heterocycles. The third kappa shape index (κ3) is 6.88. The van der Waals surface area contributed by atoms with E-state index >= 15 is 0 Å². The van der Waals surface area contributed by atoms with Crippen molar-refractivity contribution < 1.29 is 22.4 Å². The second-order valence-electron chi connectivity index (χ2n) is 10.4. The number of H-pyrrole nitrogens is 1. The number of carbonyl (C=O) groups excluding carboxylic acids is 2. The number of carbonyl (C=O) groups is 2. The van der Waals surface area contributed by atoms with Crippen molar-refractivity contribution in [3.05, 3.63) is 47.4 Å². The van der Waals surface area contributed by atoms with Crippen LogP contribution in [-0.4, -0.2) is 63.2 Å². The lowest BCUT2D eigenvalue weighted by Crippen LogP contribution is -2.49. The summed E-state index contributed by atoms with van der Waals surface area (Å²) in [4.78, 5) is 30.7. The van der Waals surface area contributed by atoms with E-state index in [0.29, 0.717) is 22.9 Å². The number of nitrogens with zero attached hydrogens (tertiary/aromatic N) is 4. The van der Waals surface area contributed by atoms with Gasteiger partial charge in [-0.05, 0) is 56.7 Å². The van der Waals surface area contributed by atoms with Gasteiger partial charge in [0.15, 0.2) is 0 Å². The molecule has 1 aliphatic rings. The Hall–Kier alpha value is -3.61. The first kappa shape index (κ1) is 28.4. The zero-order valence-corrected chi connectivity index (χ0v) is 23.3. The van der Waals surface area contributed by atoms with Crippen molar-refractivity contribution in [3.8, 4) is 11.1 Å². The molecule has 0 unspecified atom stereocenters. The molecule has 3 N–H and O–H groups in total. The summed E-state index contributed by atoms with van der Waals surface area (Å²) < 4.78 is 39.5. The van der Waals surface area contributed by atoms with Crippen LogP contribution in [0.4, 0.5) is 10.2 Å². The van der Waals surface area contributed by atoms with Gasteiger partial charge in [0.25, 0.3) is 5.91 Å². The molecule has 11 nitrogen and oxygen atoms in total.